The second-order valence-electron chi connectivity index (χ2n) is 7.24. The Hall–Kier alpha value is -1.64. The van der Waals surface area contributed by atoms with Crippen molar-refractivity contribution < 1.29 is 5.11 Å². The van der Waals surface area contributed by atoms with Crippen molar-refractivity contribution in [2.45, 2.75) is 25.5 Å². The fourth-order valence-electron chi connectivity index (χ4n) is 3.50. The number of aromatic nitrogens is 2. The summed E-state index contributed by atoms with van der Waals surface area (Å²) in [6.07, 6.45) is 3.52. The first kappa shape index (κ1) is 18.2. The maximum atomic E-state index is 10.7. The Labute approximate surface area is 149 Å². The Morgan fingerprint density at radius 3 is 2.68 bits per heavy atom. The number of guanidine groups is 1. The van der Waals surface area contributed by atoms with Crippen LogP contribution in [0.1, 0.15) is 19.4 Å². The van der Waals surface area contributed by atoms with E-state index in [0.717, 1.165) is 44.2 Å². The van der Waals surface area contributed by atoms with Crippen molar-refractivity contribution in [2.75, 3.05) is 52.4 Å². The van der Waals surface area contributed by atoms with Gasteiger partial charge in [-0.1, -0.05) is 0 Å². The van der Waals surface area contributed by atoms with Gasteiger partial charge in [-0.25, -0.2) is 4.99 Å². The highest BCUT2D eigenvalue weighted by molar-refractivity contribution is 5.79. The molecule has 8 nitrogen and oxygen atoms in total. The smallest absolute Gasteiger partial charge is 0.191 e. The molecule has 4 rings (SSSR count). The molecule has 140 valence electrons. The van der Waals surface area contributed by atoms with E-state index in [1.165, 1.54) is 13.1 Å². The number of hydrogen-bond donors (Lipinski definition) is 3. The summed E-state index contributed by atoms with van der Waals surface area (Å²) in [5, 5.41) is 21.5. The van der Waals surface area contributed by atoms with Crippen molar-refractivity contribution in [3.05, 3.63) is 18.0 Å². The summed E-state index contributed by atoms with van der Waals surface area (Å²) in [4.78, 5) is 9.68. The second-order valence-corrected chi connectivity index (χ2v) is 7.24. The Bertz CT molecular complexity index is 590. The van der Waals surface area contributed by atoms with Gasteiger partial charge >= 0.3 is 0 Å². The average molecular weight is 349 g/mol. The molecule has 3 aliphatic heterocycles. The number of hydrogen-bond acceptors (Lipinski definition) is 5. The number of rotatable bonds is 6. The molecule has 0 spiro atoms. The van der Waals surface area contributed by atoms with E-state index in [1.54, 1.807) is 17.8 Å². The predicted molar refractivity (Wildman–Crippen MR) is 98.6 cm³/mol. The molecule has 2 unspecified atom stereocenters. The van der Waals surface area contributed by atoms with Gasteiger partial charge in [0, 0.05) is 70.7 Å². The topological polar surface area (TPSA) is 80.9 Å². The van der Waals surface area contributed by atoms with Crippen LogP contribution in [0.15, 0.2) is 17.4 Å². The molecule has 2 atom stereocenters. The molecule has 3 fully saturated rings. The molecule has 0 aliphatic carbocycles. The lowest BCUT2D eigenvalue weighted by Gasteiger charge is -2.47. The lowest BCUT2D eigenvalue weighted by atomic mass is 10.0. The van der Waals surface area contributed by atoms with Gasteiger partial charge in [0.1, 0.15) is 5.60 Å². The van der Waals surface area contributed by atoms with E-state index in [1.807, 2.05) is 20.2 Å². The SMILES string of the molecule is CCNC(=NCC(C)(O)c1cnn(C)c1)NCC1CN2CCN1CC2. The van der Waals surface area contributed by atoms with Crippen LogP contribution in [-0.4, -0.2) is 89.0 Å². The van der Waals surface area contributed by atoms with Crippen molar-refractivity contribution in [3.8, 4) is 0 Å². The van der Waals surface area contributed by atoms with Gasteiger partial charge in [-0.05, 0) is 13.8 Å². The Kier molecular flexibility index (Phi) is 5.61. The van der Waals surface area contributed by atoms with Gasteiger partial charge in [0.2, 0.25) is 0 Å². The summed E-state index contributed by atoms with van der Waals surface area (Å²) in [6, 6.07) is 0.533. The Morgan fingerprint density at radius 2 is 2.12 bits per heavy atom. The lowest BCUT2D eigenvalue weighted by molar-refractivity contribution is 0.0154. The minimum atomic E-state index is -1.03. The summed E-state index contributed by atoms with van der Waals surface area (Å²) in [7, 11) is 1.84. The van der Waals surface area contributed by atoms with Crippen LogP contribution < -0.4 is 10.6 Å². The zero-order chi connectivity index (χ0) is 17.9. The normalized spacial score (nSPS) is 28.6. The van der Waals surface area contributed by atoms with Crippen molar-refractivity contribution in [3.63, 3.8) is 0 Å². The number of fused-ring (bicyclic) bond motifs is 3. The highest BCUT2D eigenvalue weighted by Gasteiger charge is 2.31. The maximum absolute atomic E-state index is 10.7. The molecule has 25 heavy (non-hydrogen) atoms. The van der Waals surface area contributed by atoms with Crippen LogP contribution in [0.25, 0.3) is 0 Å². The Morgan fingerprint density at radius 1 is 1.36 bits per heavy atom. The van der Waals surface area contributed by atoms with E-state index >= 15 is 0 Å². The molecule has 3 N–H and O–H groups in total. The van der Waals surface area contributed by atoms with Gasteiger partial charge in [0.15, 0.2) is 5.96 Å². The monoisotopic (exact) mass is 349 g/mol. The highest BCUT2D eigenvalue weighted by atomic mass is 16.3. The van der Waals surface area contributed by atoms with Crippen LogP contribution in [0, 0.1) is 0 Å². The molecule has 2 bridgehead atoms. The van der Waals surface area contributed by atoms with E-state index in [-0.39, 0.29) is 6.54 Å². The first-order valence-electron chi connectivity index (χ1n) is 9.18. The fraction of sp³-hybridized carbons (Fsp3) is 0.765. The maximum Gasteiger partial charge on any atom is 0.191 e. The lowest BCUT2D eigenvalue weighted by Crippen LogP contribution is -2.63. The standard InChI is InChI=1S/C17H31N7O/c1-4-18-16(19-10-15-12-23-5-7-24(15)8-6-23)20-13-17(2,25)14-9-21-22(3)11-14/h9,11,15,25H,4-8,10,12-13H2,1-3H3,(H2,18,19,20). The summed E-state index contributed by atoms with van der Waals surface area (Å²) < 4.78 is 1.69. The van der Waals surface area contributed by atoms with Gasteiger partial charge in [-0.2, -0.15) is 5.10 Å². The van der Waals surface area contributed by atoms with Crippen LogP contribution >= 0.6 is 0 Å². The summed E-state index contributed by atoms with van der Waals surface area (Å²) in [5.41, 5.74) is -0.256. The minimum absolute atomic E-state index is 0.286. The largest absolute Gasteiger partial charge is 0.383 e. The molecular formula is C17H31N7O. The predicted octanol–water partition coefficient (Wildman–Crippen LogP) is -0.817. The van der Waals surface area contributed by atoms with Crippen LogP contribution in [-0.2, 0) is 12.6 Å². The first-order chi connectivity index (χ1) is 12.0. The van der Waals surface area contributed by atoms with Gasteiger partial charge in [0.05, 0.1) is 12.7 Å². The van der Waals surface area contributed by atoms with Gasteiger partial charge in [-0.3, -0.25) is 14.5 Å². The summed E-state index contributed by atoms with van der Waals surface area (Å²) in [6.45, 7) is 11.6. The van der Waals surface area contributed by atoms with Crippen LogP contribution in [0.2, 0.25) is 0 Å². The van der Waals surface area contributed by atoms with Crippen molar-refractivity contribution in [1.29, 1.82) is 0 Å². The molecule has 3 aliphatic rings. The van der Waals surface area contributed by atoms with E-state index in [2.05, 4.69) is 30.5 Å². The third-order valence-corrected chi connectivity index (χ3v) is 5.11. The van der Waals surface area contributed by atoms with Crippen molar-refractivity contribution >= 4 is 5.96 Å². The van der Waals surface area contributed by atoms with E-state index in [4.69, 9.17) is 0 Å². The summed E-state index contributed by atoms with van der Waals surface area (Å²) in [5.74, 6) is 0.754. The van der Waals surface area contributed by atoms with Crippen LogP contribution in [0.4, 0.5) is 0 Å². The van der Waals surface area contributed by atoms with Crippen LogP contribution in [0.5, 0.6) is 0 Å². The third kappa shape index (κ3) is 4.50. The van der Waals surface area contributed by atoms with E-state index in [0.29, 0.717) is 6.04 Å². The molecule has 0 aromatic carbocycles. The minimum Gasteiger partial charge on any atom is -0.383 e. The Balaban J connectivity index is 1.57. The quantitative estimate of drug-likeness (QED) is 0.460. The molecule has 0 radical (unpaired) electrons. The summed E-state index contributed by atoms with van der Waals surface area (Å²) >= 11 is 0. The molecule has 0 saturated carbocycles. The number of aryl methyl sites for hydroxylation is 1. The molecule has 8 heteroatoms. The number of nitrogens with one attached hydrogen (secondary N) is 2. The second kappa shape index (κ2) is 7.72. The van der Waals surface area contributed by atoms with Gasteiger partial charge in [0.25, 0.3) is 0 Å². The zero-order valence-corrected chi connectivity index (χ0v) is 15.6. The average Bonchev–Trinajstić information content (AvgIpc) is 3.06. The highest BCUT2D eigenvalue weighted by Crippen LogP contribution is 2.20. The van der Waals surface area contributed by atoms with Crippen LogP contribution in [0.3, 0.4) is 0 Å². The molecule has 3 saturated heterocycles. The fourth-order valence-corrected chi connectivity index (χ4v) is 3.50. The van der Waals surface area contributed by atoms with Gasteiger partial charge < -0.3 is 15.7 Å². The van der Waals surface area contributed by atoms with Crippen molar-refractivity contribution in [1.82, 2.24) is 30.2 Å². The van der Waals surface area contributed by atoms with Crippen molar-refractivity contribution in [2.24, 2.45) is 12.0 Å². The molecule has 0 amide bonds. The van der Waals surface area contributed by atoms with E-state index < -0.39 is 5.60 Å². The molecule has 1 aromatic rings. The molecule has 4 heterocycles. The van der Waals surface area contributed by atoms with E-state index in [9.17, 15) is 5.11 Å². The number of piperazine rings is 3. The third-order valence-electron chi connectivity index (χ3n) is 5.11. The van der Waals surface area contributed by atoms with Gasteiger partial charge in [-0.15, -0.1) is 0 Å². The zero-order valence-electron chi connectivity index (χ0n) is 15.6. The number of aliphatic imine (C=N–C) groups is 1. The first-order valence-corrected chi connectivity index (χ1v) is 9.18. The molecule has 1 aromatic heterocycles. The molecular weight excluding hydrogens is 318 g/mol. The number of nitrogens with zero attached hydrogens (tertiary/aromatic N) is 5. The number of aliphatic hydroxyl groups is 1.